The van der Waals surface area contributed by atoms with Gasteiger partial charge in [-0.05, 0) is 54.5 Å². The number of hydrogen-bond donors (Lipinski definition) is 1. The molecule has 0 amide bonds. The summed E-state index contributed by atoms with van der Waals surface area (Å²) in [7, 11) is -0.531. The van der Waals surface area contributed by atoms with Gasteiger partial charge in [0.2, 0.25) is 10.0 Å². The highest BCUT2D eigenvalue weighted by Gasteiger charge is 2.29. The number of nitrogens with one attached hydrogen (secondary N) is 1. The summed E-state index contributed by atoms with van der Waals surface area (Å²) in [5.74, 6) is 0.483. The molecule has 0 aliphatic carbocycles. The Bertz CT molecular complexity index is 1590. The minimum absolute atomic E-state index is 0.252. The summed E-state index contributed by atoms with van der Waals surface area (Å²) in [5.41, 5.74) is 2.70. The topological polar surface area (TPSA) is 97.2 Å². The summed E-state index contributed by atoms with van der Waals surface area (Å²) in [4.78, 5) is 28.0. The average molecular weight is 493 g/mol. The van der Waals surface area contributed by atoms with Crippen LogP contribution in [-0.2, 0) is 30.5 Å². The number of aryl methyl sites for hydroxylation is 1. The van der Waals surface area contributed by atoms with Crippen LogP contribution in [0.2, 0.25) is 0 Å². The van der Waals surface area contributed by atoms with Crippen LogP contribution in [0.3, 0.4) is 0 Å². The molecule has 182 valence electrons. The van der Waals surface area contributed by atoms with E-state index in [0.717, 1.165) is 29.4 Å². The van der Waals surface area contributed by atoms with Crippen molar-refractivity contribution >= 4 is 21.1 Å². The zero-order valence-corrected chi connectivity index (χ0v) is 20.6. The minimum atomic E-state index is -3.58. The second-order valence-corrected chi connectivity index (χ2v) is 11.1. The molecule has 4 aromatic rings. The van der Waals surface area contributed by atoms with E-state index in [4.69, 9.17) is 0 Å². The van der Waals surface area contributed by atoms with Crippen molar-refractivity contribution in [2.45, 2.75) is 24.2 Å². The molecule has 0 unspecified atom stereocenters. The Hall–Kier alpha value is -3.43. The van der Waals surface area contributed by atoms with Crippen LogP contribution in [0.25, 0.3) is 22.3 Å². The van der Waals surface area contributed by atoms with Crippen LogP contribution in [0.15, 0.2) is 75.1 Å². The predicted molar refractivity (Wildman–Crippen MR) is 136 cm³/mol. The first kappa shape index (κ1) is 23.3. The van der Waals surface area contributed by atoms with Crippen molar-refractivity contribution in [3.8, 4) is 11.3 Å². The maximum absolute atomic E-state index is 13.2. The molecule has 1 N–H and O–H groups in total. The number of nitrogens with zero attached hydrogens (tertiary/aromatic N) is 3. The first-order valence-electron chi connectivity index (χ1n) is 11.7. The smallest absolute Gasteiger partial charge is 0.331 e. The van der Waals surface area contributed by atoms with Crippen molar-refractivity contribution in [3.05, 3.63) is 87.1 Å². The van der Waals surface area contributed by atoms with Crippen molar-refractivity contribution in [2.24, 2.45) is 20.0 Å². The van der Waals surface area contributed by atoms with Crippen molar-refractivity contribution < 1.29 is 8.42 Å². The van der Waals surface area contributed by atoms with Crippen LogP contribution in [0.5, 0.6) is 0 Å². The summed E-state index contributed by atoms with van der Waals surface area (Å²) in [6, 6.07) is 18.7. The van der Waals surface area contributed by atoms with Gasteiger partial charge < -0.3 is 4.98 Å². The molecule has 5 rings (SSSR count). The third kappa shape index (κ3) is 4.26. The Morgan fingerprint density at radius 3 is 2.23 bits per heavy atom. The fourth-order valence-electron chi connectivity index (χ4n) is 4.87. The molecule has 0 spiro atoms. The Kier molecular flexibility index (Phi) is 5.98. The number of sulfonamides is 1. The lowest BCUT2D eigenvalue weighted by Crippen LogP contribution is -2.38. The van der Waals surface area contributed by atoms with E-state index in [1.165, 1.54) is 17.2 Å². The zero-order chi connectivity index (χ0) is 24.7. The summed E-state index contributed by atoms with van der Waals surface area (Å²) in [6.45, 7) is 1.03. The van der Waals surface area contributed by atoms with Gasteiger partial charge in [-0.1, -0.05) is 42.5 Å². The van der Waals surface area contributed by atoms with Gasteiger partial charge in [0.15, 0.2) is 0 Å². The molecule has 2 aromatic carbocycles. The van der Waals surface area contributed by atoms with Crippen LogP contribution >= 0.6 is 0 Å². The maximum atomic E-state index is 13.2. The summed E-state index contributed by atoms with van der Waals surface area (Å²) >= 11 is 0. The standard InChI is InChI=1S/C26H28N4O4S/c1-28-23-17-22(27-24(23)25(31)29(2)26(28)32)20-8-10-21(11-9-20)35(33,34)30-14-12-19(13-15-30)16-18-6-4-3-5-7-18/h3-11,17,19,27H,12-16H2,1-2H3. The Morgan fingerprint density at radius 1 is 0.914 bits per heavy atom. The molecule has 1 fully saturated rings. The second kappa shape index (κ2) is 8.98. The molecule has 0 atom stereocenters. The van der Waals surface area contributed by atoms with Gasteiger partial charge in [0.25, 0.3) is 5.56 Å². The normalized spacial score (nSPS) is 15.6. The fourth-order valence-corrected chi connectivity index (χ4v) is 6.34. The molecular formula is C26H28N4O4S. The molecule has 3 heterocycles. The van der Waals surface area contributed by atoms with E-state index in [1.807, 2.05) is 18.2 Å². The molecule has 0 bridgehead atoms. The molecular weight excluding hydrogens is 464 g/mol. The Labute approximate surface area is 203 Å². The van der Waals surface area contributed by atoms with Gasteiger partial charge in [-0.2, -0.15) is 4.31 Å². The highest BCUT2D eigenvalue weighted by Crippen LogP contribution is 2.28. The third-order valence-corrected chi connectivity index (χ3v) is 8.91. The number of H-pyrrole nitrogens is 1. The lowest BCUT2D eigenvalue weighted by atomic mass is 9.91. The quantitative estimate of drug-likeness (QED) is 0.463. The third-order valence-electron chi connectivity index (χ3n) is 6.99. The lowest BCUT2D eigenvalue weighted by Gasteiger charge is -2.31. The van der Waals surface area contributed by atoms with Gasteiger partial charge in [0.1, 0.15) is 5.52 Å². The van der Waals surface area contributed by atoms with Crippen LogP contribution in [-0.4, -0.2) is 39.9 Å². The number of fused-ring (bicyclic) bond motifs is 1. The van der Waals surface area contributed by atoms with Gasteiger partial charge in [-0.15, -0.1) is 0 Å². The van der Waals surface area contributed by atoms with Crippen molar-refractivity contribution in [2.75, 3.05) is 13.1 Å². The van der Waals surface area contributed by atoms with Gasteiger partial charge in [0, 0.05) is 32.9 Å². The molecule has 0 saturated carbocycles. The highest BCUT2D eigenvalue weighted by molar-refractivity contribution is 7.89. The van der Waals surface area contributed by atoms with E-state index in [9.17, 15) is 18.0 Å². The fraction of sp³-hybridized carbons (Fsp3) is 0.308. The first-order valence-corrected chi connectivity index (χ1v) is 13.1. The van der Waals surface area contributed by atoms with E-state index in [-0.39, 0.29) is 4.90 Å². The second-order valence-electron chi connectivity index (χ2n) is 9.21. The van der Waals surface area contributed by atoms with Crippen molar-refractivity contribution in [1.29, 1.82) is 0 Å². The molecule has 1 saturated heterocycles. The monoisotopic (exact) mass is 492 g/mol. The number of hydrogen-bond acceptors (Lipinski definition) is 4. The number of benzene rings is 2. The van der Waals surface area contributed by atoms with Crippen LogP contribution in [0.4, 0.5) is 0 Å². The highest BCUT2D eigenvalue weighted by atomic mass is 32.2. The van der Waals surface area contributed by atoms with Gasteiger partial charge >= 0.3 is 5.69 Å². The Balaban J connectivity index is 1.33. The van der Waals surface area contributed by atoms with Crippen molar-refractivity contribution in [1.82, 2.24) is 18.4 Å². The molecule has 2 aromatic heterocycles. The van der Waals surface area contributed by atoms with Gasteiger partial charge in [-0.3, -0.25) is 13.9 Å². The number of rotatable bonds is 5. The molecule has 9 heteroatoms. The summed E-state index contributed by atoms with van der Waals surface area (Å²) in [5, 5.41) is 0. The summed E-state index contributed by atoms with van der Waals surface area (Å²) < 4.78 is 30.5. The van der Waals surface area contributed by atoms with E-state index >= 15 is 0 Å². The number of piperidine rings is 1. The summed E-state index contributed by atoms with van der Waals surface area (Å²) in [6.07, 6.45) is 2.66. The molecule has 8 nitrogen and oxygen atoms in total. The van der Waals surface area contributed by atoms with E-state index in [0.29, 0.717) is 35.7 Å². The van der Waals surface area contributed by atoms with Gasteiger partial charge in [-0.25, -0.2) is 13.2 Å². The molecule has 35 heavy (non-hydrogen) atoms. The largest absolute Gasteiger partial charge is 0.349 e. The van der Waals surface area contributed by atoms with E-state index in [2.05, 4.69) is 17.1 Å². The minimum Gasteiger partial charge on any atom is -0.349 e. The van der Waals surface area contributed by atoms with Crippen molar-refractivity contribution in [3.63, 3.8) is 0 Å². The zero-order valence-electron chi connectivity index (χ0n) is 19.8. The number of aromatic amines is 1. The SMILES string of the molecule is Cn1c(=O)c2[nH]c(-c3ccc(S(=O)(=O)N4CCC(Cc5ccccc5)CC4)cc3)cc2n(C)c1=O. The van der Waals surface area contributed by atoms with Crippen LogP contribution in [0, 0.1) is 5.92 Å². The first-order chi connectivity index (χ1) is 16.8. The molecule has 0 radical (unpaired) electrons. The predicted octanol–water partition coefficient (Wildman–Crippen LogP) is 2.88. The molecule has 1 aliphatic heterocycles. The van der Waals surface area contributed by atoms with E-state index in [1.54, 1.807) is 41.7 Å². The lowest BCUT2D eigenvalue weighted by molar-refractivity contribution is 0.273. The molecule has 1 aliphatic rings. The average Bonchev–Trinajstić information content (AvgIpc) is 3.33. The van der Waals surface area contributed by atoms with Gasteiger partial charge in [0.05, 0.1) is 10.4 Å². The van der Waals surface area contributed by atoms with Crippen LogP contribution in [0.1, 0.15) is 18.4 Å². The van der Waals surface area contributed by atoms with E-state index < -0.39 is 21.3 Å². The maximum Gasteiger partial charge on any atom is 0.331 e. The van der Waals surface area contributed by atoms with Crippen LogP contribution < -0.4 is 11.2 Å². The Morgan fingerprint density at radius 2 is 1.57 bits per heavy atom. The number of aromatic nitrogens is 3.